The molecular weight excluding hydrogens is 288 g/mol. The molecule has 4 heteroatoms. The van der Waals surface area contributed by atoms with Gasteiger partial charge in [-0.15, -0.1) is 0 Å². The first kappa shape index (κ1) is 18.0. The van der Waals surface area contributed by atoms with Crippen molar-refractivity contribution in [1.82, 2.24) is 4.90 Å². The van der Waals surface area contributed by atoms with Gasteiger partial charge >= 0.3 is 5.97 Å². The summed E-state index contributed by atoms with van der Waals surface area (Å²) in [5.41, 5.74) is 2.17. The number of nitrogens with zero attached hydrogens (tertiary/aromatic N) is 2. The van der Waals surface area contributed by atoms with Crippen molar-refractivity contribution in [3.8, 4) is 0 Å². The fraction of sp³-hybridized carbons (Fsp3) is 0.789. The molecule has 1 N–H and O–H groups in total. The van der Waals surface area contributed by atoms with E-state index in [1.807, 2.05) is 0 Å². The van der Waals surface area contributed by atoms with Crippen molar-refractivity contribution in [2.24, 2.45) is 21.7 Å². The average Bonchev–Trinajstić information content (AvgIpc) is 2.80. The number of aliphatic imine (C=N–C) groups is 1. The van der Waals surface area contributed by atoms with E-state index in [2.05, 4.69) is 53.4 Å². The molecule has 0 aromatic carbocycles. The Kier molecular flexibility index (Phi) is 4.67. The topological polar surface area (TPSA) is 52.9 Å². The van der Waals surface area contributed by atoms with E-state index in [-0.39, 0.29) is 16.9 Å². The monoisotopic (exact) mass is 320 g/mol. The molecule has 1 unspecified atom stereocenters. The molecule has 0 aliphatic carbocycles. The van der Waals surface area contributed by atoms with Gasteiger partial charge in [-0.3, -0.25) is 9.79 Å². The van der Waals surface area contributed by atoms with Crippen LogP contribution in [0.4, 0.5) is 0 Å². The summed E-state index contributed by atoms with van der Waals surface area (Å²) in [6, 6.07) is 0.0528. The lowest BCUT2D eigenvalue weighted by atomic mass is 9.73. The van der Waals surface area contributed by atoms with Crippen molar-refractivity contribution in [3.63, 3.8) is 0 Å². The molecule has 2 aliphatic heterocycles. The molecule has 1 saturated heterocycles. The van der Waals surface area contributed by atoms with Crippen LogP contribution in [0.1, 0.15) is 67.7 Å². The van der Waals surface area contributed by atoms with Crippen LogP contribution >= 0.6 is 0 Å². The van der Waals surface area contributed by atoms with Crippen molar-refractivity contribution in [1.29, 1.82) is 0 Å². The van der Waals surface area contributed by atoms with Gasteiger partial charge in [0.2, 0.25) is 0 Å². The Balaban J connectivity index is 2.61. The van der Waals surface area contributed by atoms with Crippen LogP contribution in [0.15, 0.2) is 16.3 Å². The quantitative estimate of drug-likeness (QED) is 0.839. The Morgan fingerprint density at radius 3 is 2.39 bits per heavy atom. The Hall–Kier alpha value is -1.32. The van der Waals surface area contributed by atoms with Gasteiger partial charge < -0.3 is 10.0 Å². The van der Waals surface area contributed by atoms with E-state index >= 15 is 0 Å². The standard InChI is InChI=1S/C19H32N2O2/c1-8-10-19(6,7)14-12(2)20-17(18(3,4)5)21-11-9-13(15(14)21)16(22)23/h12-13H,8-11H2,1-7H3,(H,22,23)/t12-,13?/m0/s1. The molecule has 1 fully saturated rings. The third-order valence-electron chi connectivity index (χ3n) is 5.10. The Morgan fingerprint density at radius 1 is 1.30 bits per heavy atom. The van der Waals surface area contributed by atoms with E-state index < -0.39 is 11.9 Å². The van der Waals surface area contributed by atoms with Gasteiger partial charge in [-0.2, -0.15) is 0 Å². The normalized spacial score (nSPS) is 25.5. The van der Waals surface area contributed by atoms with E-state index in [9.17, 15) is 9.90 Å². The van der Waals surface area contributed by atoms with E-state index in [0.717, 1.165) is 30.9 Å². The molecule has 0 amide bonds. The van der Waals surface area contributed by atoms with Crippen LogP contribution in [0.3, 0.4) is 0 Å². The Morgan fingerprint density at radius 2 is 1.91 bits per heavy atom. The molecule has 2 aliphatic rings. The van der Waals surface area contributed by atoms with Gasteiger partial charge in [0.05, 0.1) is 12.0 Å². The second-order valence-corrected chi connectivity index (χ2v) is 8.64. The molecule has 4 nitrogen and oxygen atoms in total. The molecule has 0 aromatic heterocycles. The molecule has 0 bridgehead atoms. The van der Waals surface area contributed by atoms with Crippen molar-refractivity contribution >= 4 is 11.8 Å². The smallest absolute Gasteiger partial charge is 0.312 e. The molecule has 0 aromatic rings. The van der Waals surface area contributed by atoms with Crippen LogP contribution in [0, 0.1) is 16.7 Å². The minimum Gasteiger partial charge on any atom is -0.481 e. The molecule has 0 spiro atoms. The summed E-state index contributed by atoms with van der Waals surface area (Å²) in [6.45, 7) is 16.0. The fourth-order valence-electron chi connectivity index (χ4n) is 4.30. The van der Waals surface area contributed by atoms with Crippen molar-refractivity contribution in [3.05, 3.63) is 11.3 Å². The highest BCUT2D eigenvalue weighted by Gasteiger charge is 2.46. The number of carbonyl (C=O) groups is 1. The zero-order chi connectivity index (χ0) is 17.6. The van der Waals surface area contributed by atoms with E-state index in [4.69, 9.17) is 4.99 Å². The third kappa shape index (κ3) is 3.17. The Labute approximate surface area is 140 Å². The van der Waals surface area contributed by atoms with Crippen LogP contribution in [-0.4, -0.2) is 34.4 Å². The van der Waals surface area contributed by atoms with Gasteiger partial charge in [-0.1, -0.05) is 48.0 Å². The second-order valence-electron chi connectivity index (χ2n) is 8.64. The number of carboxylic acid groups (broad SMARTS) is 1. The highest BCUT2D eigenvalue weighted by atomic mass is 16.4. The van der Waals surface area contributed by atoms with Gasteiger partial charge in [-0.25, -0.2) is 0 Å². The fourth-order valence-corrected chi connectivity index (χ4v) is 4.30. The molecule has 2 rings (SSSR count). The molecule has 0 radical (unpaired) electrons. The van der Waals surface area contributed by atoms with Crippen LogP contribution in [-0.2, 0) is 4.79 Å². The summed E-state index contributed by atoms with van der Waals surface area (Å²) in [6.07, 6.45) is 2.82. The molecule has 23 heavy (non-hydrogen) atoms. The molecule has 130 valence electrons. The number of rotatable bonds is 4. The van der Waals surface area contributed by atoms with Crippen LogP contribution in [0.5, 0.6) is 0 Å². The number of carboxylic acids is 1. The molecule has 2 heterocycles. The van der Waals surface area contributed by atoms with Gasteiger partial charge in [0, 0.05) is 17.7 Å². The number of aliphatic carboxylic acids is 1. The van der Waals surface area contributed by atoms with Crippen molar-refractivity contribution in [2.45, 2.75) is 73.8 Å². The SMILES string of the molecule is CCCC(C)(C)C1=C2C(C(=O)O)CCN2C(C(C)(C)C)=N[C@H]1C. The maximum absolute atomic E-state index is 11.8. The van der Waals surface area contributed by atoms with E-state index in [1.54, 1.807) is 0 Å². The lowest BCUT2D eigenvalue weighted by Crippen LogP contribution is -2.44. The second kappa shape index (κ2) is 5.95. The number of hydrogen-bond acceptors (Lipinski definition) is 3. The van der Waals surface area contributed by atoms with E-state index in [1.165, 1.54) is 5.57 Å². The van der Waals surface area contributed by atoms with Crippen LogP contribution in [0.25, 0.3) is 0 Å². The molecule has 2 atom stereocenters. The minimum atomic E-state index is -0.699. The summed E-state index contributed by atoms with van der Waals surface area (Å²) in [4.78, 5) is 19.1. The lowest BCUT2D eigenvalue weighted by Gasteiger charge is -2.43. The maximum atomic E-state index is 11.8. The van der Waals surface area contributed by atoms with Gasteiger partial charge in [0.1, 0.15) is 5.84 Å². The number of amidine groups is 1. The first-order valence-electron chi connectivity index (χ1n) is 8.84. The zero-order valence-corrected chi connectivity index (χ0v) is 15.7. The summed E-state index contributed by atoms with van der Waals surface area (Å²) in [5, 5.41) is 9.74. The van der Waals surface area contributed by atoms with Gasteiger partial charge in [0.15, 0.2) is 0 Å². The largest absolute Gasteiger partial charge is 0.481 e. The van der Waals surface area contributed by atoms with Crippen LogP contribution in [0.2, 0.25) is 0 Å². The summed E-state index contributed by atoms with van der Waals surface area (Å²) < 4.78 is 0. The number of fused-ring (bicyclic) bond motifs is 1. The first-order valence-corrected chi connectivity index (χ1v) is 8.84. The molecular formula is C19H32N2O2. The predicted octanol–water partition coefficient (Wildman–Crippen LogP) is 4.32. The highest BCUT2D eigenvalue weighted by Crippen LogP contribution is 2.46. The van der Waals surface area contributed by atoms with Gasteiger partial charge in [-0.05, 0) is 30.8 Å². The Bertz CT molecular complexity index is 552. The summed E-state index contributed by atoms with van der Waals surface area (Å²) in [5.74, 6) is -0.0501. The highest BCUT2D eigenvalue weighted by molar-refractivity contribution is 5.92. The third-order valence-corrected chi connectivity index (χ3v) is 5.10. The summed E-state index contributed by atoms with van der Waals surface area (Å²) in [7, 11) is 0. The molecule has 0 saturated carbocycles. The van der Waals surface area contributed by atoms with E-state index in [0.29, 0.717) is 6.42 Å². The van der Waals surface area contributed by atoms with Gasteiger partial charge in [0.25, 0.3) is 0 Å². The van der Waals surface area contributed by atoms with Crippen LogP contribution < -0.4 is 0 Å². The zero-order valence-electron chi connectivity index (χ0n) is 15.7. The predicted molar refractivity (Wildman–Crippen MR) is 94.5 cm³/mol. The first-order chi connectivity index (χ1) is 10.5. The maximum Gasteiger partial charge on any atom is 0.312 e. The minimum absolute atomic E-state index is 0.0211. The van der Waals surface area contributed by atoms with Crippen molar-refractivity contribution in [2.75, 3.05) is 6.54 Å². The lowest BCUT2D eigenvalue weighted by molar-refractivity contribution is -0.140. The van der Waals surface area contributed by atoms with Crippen molar-refractivity contribution < 1.29 is 9.90 Å². The average molecular weight is 320 g/mol. The summed E-state index contributed by atoms with van der Waals surface area (Å²) >= 11 is 0. The number of hydrogen-bond donors (Lipinski definition) is 1.